The van der Waals surface area contributed by atoms with Crippen LogP contribution in [-0.2, 0) is 18.4 Å². The minimum Gasteiger partial charge on any atom is -0.267 e. The third kappa shape index (κ3) is 4.35. The van der Waals surface area contributed by atoms with Crippen LogP contribution in [0.4, 0.5) is 61.5 Å². The number of rotatable bonds is 6. The molecule has 1 aromatic carbocycles. The molecule has 0 aliphatic heterocycles. The fraction of sp³-hybridized carbons (Fsp3) is 0.471. The molecule has 0 aliphatic rings. The van der Waals surface area contributed by atoms with E-state index in [1.54, 1.807) is 0 Å². The Morgan fingerprint density at radius 1 is 0.727 bits per heavy atom. The van der Waals surface area contributed by atoms with Crippen molar-refractivity contribution < 1.29 is 61.5 Å². The Labute approximate surface area is 174 Å². The summed E-state index contributed by atoms with van der Waals surface area (Å²) in [6.45, 7) is 0.551. The second-order valence-electron chi connectivity index (χ2n) is 6.87. The first-order chi connectivity index (χ1) is 14.6. The smallest absolute Gasteiger partial charge is 0.267 e. The second kappa shape index (κ2) is 7.75. The van der Waals surface area contributed by atoms with Crippen LogP contribution in [-0.4, -0.2) is 34.0 Å². The number of alkyl halides is 14. The van der Waals surface area contributed by atoms with Gasteiger partial charge in [-0.15, -0.1) is 0 Å². The molecular weight excluding hydrogens is 498 g/mol. The molecule has 0 N–H and O–H groups in total. The van der Waals surface area contributed by atoms with Crippen molar-refractivity contribution in [3.8, 4) is 0 Å². The maximum Gasteiger partial charge on any atom is 0.460 e. The highest BCUT2D eigenvalue weighted by Crippen LogP contribution is 2.57. The molecule has 186 valence electrons. The van der Waals surface area contributed by atoms with E-state index >= 15 is 0 Å². The normalized spacial score (nSPS) is 14.6. The molecule has 2 rings (SSSR count). The van der Waals surface area contributed by atoms with E-state index in [1.807, 2.05) is 0 Å². The van der Waals surface area contributed by atoms with Gasteiger partial charge in [-0.05, 0) is 12.5 Å². The molecule has 0 bridgehead atoms. The summed E-state index contributed by atoms with van der Waals surface area (Å²) in [6, 6.07) is 5.21. The van der Waals surface area contributed by atoms with E-state index in [-0.39, 0.29) is 10.2 Å². The fourth-order valence-corrected chi connectivity index (χ4v) is 2.64. The summed E-state index contributed by atoms with van der Waals surface area (Å²) >= 11 is 0. The van der Waals surface area contributed by atoms with Crippen LogP contribution in [0.15, 0.2) is 30.5 Å². The van der Waals surface area contributed by atoms with Gasteiger partial charge in [0, 0.05) is 6.20 Å². The maximum atomic E-state index is 14.1. The Kier molecular flexibility index (Phi) is 6.27. The van der Waals surface area contributed by atoms with Crippen molar-refractivity contribution >= 4 is 0 Å². The van der Waals surface area contributed by atoms with Gasteiger partial charge in [-0.1, -0.05) is 29.8 Å². The number of halogens is 14. The Balaban J connectivity index is 2.78. The molecule has 0 amide bonds. The van der Waals surface area contributed by atoms with Crippen LogP contribution in [0.1, 0.15) is 22.4 Å². The number of aromatic nitrogens is 2. The number of nitrogens with zero attached hydrogens (tertiary/aromatic N) is 2. The summed E-state index contributed by atoms with van der Waals surface area (Å²) in [5.41, 5.74) is -5.98. The van der Waals surface area contributed by atoms with Crippen LogP contribution in [0.25, 0.3) is 0 Å². The monoisotopic (exact) mass is 508 g/mol. The SMILES string of the molecule is Cc1cccc(Cn2cc(C(F)(F)C(F)(F)C(F)(F)F)c(C(F)(F)C(F)(F)C(F)(F)F)n2)c1. The Bertz CT molecular complexity index is 944. The molecule has 0 aliphatic carbocycles. The van der Waals surface area contributed by atoms with Gasteiger partial charge in [0.05, 0.1) is 12.1 Å². The van der Waals surface area contributed by atoms with Gasteiger partial charge >= 0.3 is 36.0 Å². The molecule has 2 aromatic rings. The number of hydrogen-bond donors (Lipinski definition) is 0. The zero-order chi connectivity index (χ0) is 25.8. The molecule has 0 unspecified atom stereocenters. The van der Waals surface area contributed by atoms with Crippen LogP contribution >= 0.6 is 0 Å². The highest BCUT2D eigenvalue weighted by Gasteiger charge is 2.79. The van der Waals surface area contributed by atoms with Crippen LogP contribution in [0.2, 0.25) is 0 Å². The third-order valence-corrected chi connectivity index (χ3v) is 4.33. The molecule has 0 saturated heterocycles. The molecule has 0 atom stereocenters. The van der Waals surface area contributed by atoms with Gasteiger partial charge in [0.15, 0.2) is 0 Å². The van der Waals surface area contributed by atoms with E-state index in [1.165, 1.54) is 31.2 Å². The average Bonchev–Trinajstić information content (AvgIpc) is 3.04. The Morgan fingerprint density at radius 2 is 1.21 bits per heavy atom. The van der Waals surface area contributed by atoms with E-state index in [0.717, 1.165) is 0 Å². The van der Waals surface area contributed by atoms with Gasteiger partial charge in [0.2, 0.25) is 0 Å². The standard InChI is InChI=1S/C17H10F14N2/c1-8-3-2-4-9(5-8)6-33-7-10(12(18,19)14(22,23)16(26,27)28)11(32-33)13(20,21)15(24,25)17(29,30)31/h2-5,7H,6H2,1H3. The Morgan fingerprint density at radius 3 is 1.67 bits per heavy atom. The zero-order valence-corrected chi connectivity index (χ0v) is 15.8. The second-order valence-corrected chi connectivity index (χ2v) is 6.87. The lowest BCUT2D eigenvalue weighted by atomic mass is 9.96. The molecule has 1 heterocycles. The quantitative estimate of drug-likeness (QED) is 0.392. The van der Waals surface area contributed by atoms with Crippen LogP contribution in [0.5, 0.6) is 0 Å². The Hall–Kier alpha value is -2.55. The highest BCUT2D eigenvalue weighted by molar-refractivity contribution is 5.32. The molecule has 16 heteroatoms. The molecule has 2 nitrogen and oxygen atoms in total. The lowest BCUT2D eigenvalue weighted by Gasteiger charge is -2.31. The molecule has 33 heavy (non-hydrogen) atoms. The van der Waals surface area contributed by atoms with E-state index in [9.17, 15) is 61.5 Å². The van der Waals surface area contributed by atoms with Crippen molar-refractivity contribution in [1.82, 2.24) is 9.78 Å². The summed E-state index contributed by atoms with van der Waals surface area (Å²) in [4.78, 5) is 0. The van der Waals surface area contributed by atoms with Gasteiger partial charge in [0.1, 0.15) is 5.69 Å². The van der Waals surface area contributed by atoms with E-state index in [4.69, 9.17) is 0 Å². The van der Waals surface area contributed by atoms with E-state index in [2.05, 4.69) is 5.10 Å². The summed E-state index contributed by atoms with van der Waals surface area (Å²) < 4.78 is 185. The minimum atomic E-state index is -7.15. The third-order valence-electron chi connectivity index (χ3n) is 4.33. The van der Waals surface area contributed by atoms with Gasteiger partial charge < -0.3 is 0 Å². The zero-order valence-electron chi connectivity index (χ0n) is 15.8. The fourth-order valence-electron chi connectivity index (χ4n) is 2.64. The highest BCUT2D eigenvalue weighted by atomic mass is 19.4. The predicted octanol–water partition coefficient (Wildman–Crippen LogP) is 6.82. The van der Waals surface area contributed by atoms with Crippen molar-refractivity contribution in [2.75, 3.05) is 0 Å². The largest absolute Gasteiger partial charge is 0.460 e. The molecule has 0 radical (unpaired) electrons. The molecular formula is C17H10F14N2. The van der Waals surface area contributed by atoms with E-state index in [0.29, 0.717) is 5.56 Å². The first-order valence-corrected chi connectivity index (χ1v) is 8.36. The molecule has 0 fully saturated rings. The number of hydrogen-bond acceptors (Lipinski definition) is 1. The molecule has 0 saturated carbocycles. The van der Waals surface area contributed by atoms with Crippen molar-refractivity contribution in [3.05, 3.63) is 52.8 Å². The topological polar surface area (TPSA) is 17.8 Å². The number of aryl methyl sites for hydroxylation is 1. The molecule has 0 spiro atoms. The average molecular weight is 508 g/mol. The van der Waals surface area contributed by atoms with Gasteiger partial charge in [-0.25, -0.2) is 0 Å². The van der Waals surface area contributed by atoms with E-state index < -0.39 is 60.0 Å². The lowest BCUT2D eigenvalue weighted by molar-refractivity contribution is -0.367. The minimum absolute atomic E-state index is 0.00704. The first-order valence-electron chi connectivity index (χ1n) is 8.36. The van der Waals surface area contributed by atoms with Gasteiger partial charge in [0.25, 0.3) is 0 Å². The van der Waals surface area contributed by atoms with Crippen molar-refractivity contribution in [2.24, 2.45) is 0 Å². The van der Waals surface area contributed by atoms with Crippen LogP contribution in [0.3, 0.4) is 0 Å². The van der Waals surface area contributed by atoms with Crippen molar-refractivity contribution in [1.29, 1.82) is 0 Å². The van der Waals surface area contributed by atoms with Crippen LogP contribution < -0.4 is 0 Å². The van der Waals surface area contributed by atoms with Gasteiger partial charge in [-0.2, -0.15) is 66.6 Å². The predicted molar refractivity (Wildman–Crippen MR) is 82.3 cm³/mol. The van der Waals surface area contributed by atoms with Gasteiger partial charge in [-0.3, -0.25) is 4.68 Å². The lowest BCUT2D eigenvalue weighted by Crippen LogP contribution is -2.53. The summed E-state index contributed by atoms with van der Waals surface area (Å²) in [7, 11) is 0. The van der Waals surface area contributed by atoms with Crippen LogP contribution in [0, 0.1) is 6.92 Å². The number of benzene rings is 1. The summed E-state index contributed by atoms with van der Waals surface area (Å²) in [5, 5.41) is 2.45. The van der Waals surface area contributed by atoms with Crippen molar-refractivity contribution in [3.63, 3.8) is 0 Å². The maximum absolute atomic E-state index is 14.1. The summed E-state index contributed by atoms with van der Waals surface area (Å²) in [6.07, 6.45) is -14.7. The summed E-state index contributed by atoms with van der Waals surface area (Å²) in [5.74, 6) is -27.7. The molecule has 1 aromatic heterocycles. The van der Waals surface area contributed by atoms with Crippen molar-refractivity contribution in [2.45, 2.75) is 49.5 Å². The first kappa shape index (κ1) is 26.7.